The minimum absolute atomic E-state index is 0.304. The molecule has 1 aromatic carbocycles. The molecule has 0 spiro atoms. The van der Waals surface area contributed by atoms with E-state index in [0.29, 0.717) is 11.7 Å². The zero-order chi connectivity index (χ0) is 13.4. The Morgan fingerprint density at radius 1 is 1.28 bits per heavy atom. The molecule has 0 radical (unpaired) electrons. The second-order valence-electron chi connectivity index (χ2n) is 3.95. The van der Waals surface area contributed by atoms with Crippen molar-refractivity contribution in [1.29, 1.82) is 0 Å². The summed E-state index contributed by atoms with van der Waals surface area (Å²) < 4.78 is 0. The molecular formula is C12H18NO4P. The highest BCUT2D eigenvalue weighted by atomic mass is 31.2. The number of carboxylic acid groups (broad SMARTS) is 1. The van der Waals surface area contributed by atoms with Gasteiger partial charge in [0.15, 0.2) is 8.38 Å². The van der Waals surface area contributed by atoms with Crippen LogP contribution in [0.3, 0.4) is 0 Å². The van der Waals surface area contributed by atoms with Gasteiger partial charge in [-0.1, -0.05) is 12.1 Å². The molecule has 4 N–H and O–H groups in total. The molecule has 0 aliphatic rings. The summed E-state index contributed by atoms with van der Waals surface area (Å²) in [5, 5.41) is 12.0. The topological polar surface area (TPSA) is 89.8 Å². The fraction of sp³-hybridized carbons (Fsp3) is 0.417. The molecule has 0 saturated heterocycles. The Balaban J connectivity index is 2.23. The molecule has 0 bridgehead atoms. The van der Waals surface area contributed by atoms with E-state index in [-0.39, 0.29) is 0 Å². The van der Waals surface area contributed by atoms with Crippen LogP contribution in [-0.4, -0.2) is 40.1 Å². The number of carboxylic acids is 1. The van der Waals surface area contributed by atoms with Gasteiger partial charge in [-0.05, 0) is 43.6 Å². The van der Waals surface area contributed by atoms with Crippen molar-refractivity contribution in [1.82, 2.24) is 5.32 Å². The van der Waals surface area contributed by atoms with E-state index in [1.165, 1.54) is 0 Å². The van der Waals surface area contributed by atoms with Gasteiger partial charge in [0.1, 0.15) is 0 Å². The van der Waals surface area contributed by atoms with Gasteiger partial charge >= 0.3 is 5.97 Å². The zero-order valence-corrected chi connectivity index (χ0v) is 10.9. The third-order valence-corrected chi connectivity index (χ3v) is 3.19. The van der Waals surface area contributed by atoms with Crippen LogP contribution < -0.4 is 5.32 Å². The summed E-state index contributed by atoms with van der Waals surface area (Å²) in [7, 11) is -1.78. The van der Waals surface area contributed by atoms with Gasteiger partial charge in [0.05, 0.1) is 5.56 Å². The van der Waals surface area contributed by atoms with Gasteiger partial charge < -0.3 is 20.2 Å². The van der Waals surface area contributed by atoms with Crippen molar-refractivity contribution in [3.05, 3.63) is 35.4 Å². The first kappa shape index (κ1) is 15.1. The van der Waals surface area contributed by atoms with Gasteiger partial charge in [-0.2, -0.15) is 0 Å². The monoisotopic (exact) mass is 271 g/mol. The van der Waals surface area contributed by atoms with Crippen LogP contribution in [-0.2, 0) is 6.42 Å². The number of hydrogen-bond acceptors (Lipinski definition) is 4. The van der Waals surface area contributed by atoms with Crippen LogP contribution >= 0.6 is 8.38 Å². The van der Waals surface area contributed by atoms with Crippen molar-refractivity contribution < 1.29 is 19.7 Å². The Morgan fingerprint density at radius 2 is 2.06 bits per heavy atom. The van der Waals surface area contributed by atoms with Crippen LogP contribution in [0.15, 0.2) is 24.3 Å². The molecule has 1 aromatic rings. The van der Waals surface area contributed by atoms with E-state index >= 15 is 0 Å². The molecule has 1 rings (SSSR count). The van der Waals surface area contributed by atoms with Crippen LogP contribution in [0.5, 0.6) is 0 Å². The first-order valence-electron chi connectivity index (χ1n) is 5.78. The molecule has 0 atom stereocenters. The summed E-state index contributed by atoms with van der Waals surface area (Å²) in [6.45, 7) is 1.48. The zero-order valence-electron chi connectivity index (χ0n) is 10.0. The summed E-state index contributed by atoms with van der Waals surface area (Å²) in [4.78, 5) is 28.2. The molecule has 100 valence electrons. The van der Waals surface area contributed by atoms with Crippen molar-refractivity contribution >= 4 is 14.3 Å². The molecule has 0 aliphatic carbocycles. The second kappa shape index (κ2) is 8.16. The molecular weight excluding hydrogens is 253 g/mol. The smallest absolute Gasteiger partial charge is 0.335 e. The maximum atomic E-state index is 10.8. The van der Waals surface area contributed by atoms with Crippen molar-refractivity contribution in [2.24, 2.45) is 0 Å². The lowest BCUT2D eigenvalue weighted by molar-refractivity contribution is 0.0696. The van der Waals surface area contributed by atoms with E-state index < -0.39 is 14.3 Å². The normalized spacial score (nSPS) is 10.8. The fourth-order valence-electron chi connectivity index (χ4n) is 1.56. The van der Waals surface area contributed by atoms with E-state index in [1.54, 1.807) is 18.2 Å². The standard InChI is InChI=1S/C12H18NO4P/c14-12(15)11-4-1-3-10(9-11)5-7-13-6-2-8-18(16)17/h1,3-4,9,13,16-17H,2,5-8H2,(H,14,15). The van der Waals surface area contributed by atoms with E-state index in [0.717, 1.165) is 31.5 Å². The van der Waals surface area contributed by atoms with Gasteiger partial charge in [0, 0.05) is 6.16 Å². The summed E-state index contributed by atoms with van der Waals surface area (Å²) in [6, 6.07) is 6.88. The summed E-state index contributed by atoms with van der Waals surface area (Å²) >= 11 is 0. The quantitative estimate of drug-likeness (QED) is 0.421. The highest BCUT2D eigenvalue weighted by Crippen LogP contribution is 2.22. The SMILES string of the molecule is O=C(O)c1cccc(CCNCCCP(O)O)c1. The first-order chi connectivity index (χ1) is 8.59. The molecule has 0 amide bonds. The third kappa shape index (κ3) is 6.07. The number of benzene rings is 1. The molecule has 0 aliphatic heterocycles. The van der Waals surface area contributed by atoms with E-state index in [4.69, 9.17) is 14.9 Å². The van der Waals surface area contributed by atoms with Crippen molar-refractivity contribution in [2.45, 2.75) is 12.8 Å². The molecule has 5 nitrogen and oxygen atoms in total. The molecule has 0 saturated carbocycles. The van der Waals surface area contributed by atoms with E-state index in [2.05, 4.69) is 5.32 Å². The number of hydrogen-bond donors (Lipinski definition) is 4. The van der Waals surface area contributed by atoms with Gasteiger partial charge in [-0.3, -0.25) is 0 Å². The van der Waals surface area contributed by atoms with Gasteiger partial charge in [-0.25, -0.2) is 4.79 Å². The van der Waals surface area contributed by atoms with Gasteiger partial charge in [-0.15, -0.1) is 0 Å². The summed E-state index contributed by atoms with van der Waals surface area (Å²) in [6.07, 6.45) is 1.92. The lowest BCUT2D eigenvalue weighted by Gasteiger charge is -2.06. The van der Waals surface area contributed by atoms with Crippen LogP contribution in [0.1, 0.15) is 22.3 Å². The maximum Gasteiger partial charge on any atom is 0.335 e. The lowest BCUT2D eigenvalue weighted by atomic mass is 10.1. The Morgan fingerprint density at radius 3 is 2.72 bits per heavy atom. The van der Waals surface area contributed by atoms with Gasteiger partial charge in [0.2, 0.25) is 0 Å². The Labute approximate surface area is 107 Å². The lowest BCUT2D eigenvalue weighted by Crippen LogP contribution is -2.19. The van der Waals surface area contributed by atoms with Crippen LogP contribution in [0.4, 0.5) is 0 Å². The minimum Gasteiger partial charge on any atom is -0.478 e. The number of rotatable bonds is 8. The maximum absolute atomic E-state index is 10.8. The fourth-order valence-corrected chi connectivity index (χ4v) is 2.00. The largest absolute Gasteiger partial charge is 0.478 e. The third-order valence-electron chi connectivity index (χ3n) is 2.48. The molecule has 0 heterocycles. The van der Waals surface area contributed by atoms with E-state index in [1.807, 2.05) is 6.07 Å². The highest BCUT2D eigenvalue weighted by molar-refractivity contribution is 7.45. The Kier molecular flexibility index (Phi) is 6.83. The predicted octanol–water partition coefficient (Wildman–Crippen LogP) is 1.20. The molecule has 6 heteroatoms. The average molecular weight is 271 g/mol. The molecule has 0 aromatic heterocycles. The highest BCUT2D eigenvalue weighted by Gasteiger charge is 2.03. The average Bonchev–Trinajstić information content (AvgIpc) is 2.33. The number of aromatic carboxylic acids is 1. The van der Waals surface area contributed by atoms with Crippen LogP contribution in [0.2, 0.25) is 0 Å². The van der Waals surface area contributed by atoms with E-state index in [9.17, 15) is 4.79 Å². The minimum atomic E-state index is -1.78. The van der Waals surface area contributed by atoms with Crippen molar-refractivity contribution in [3.8, 4) is 0 Å². The Bertz CT molecular complexity index is 384. The number of carbonyl (C=O) groups is 1. The summed E-state index contributed by atoms with van der Waals surface area (Å²) in [5.41, 5.74) is 1.28. The number of nitrogens with one attached hydrogen (secondary N) is 1. The summed E-state index contributed by atoms with van der Waals surface area (Å²) in [5.74, 6) is -0.913. The molecule has 0 unspecified atom stereocenters. The van der Waals surface area contributed by atoms with Crippen molar-refractivity contribution in [3.63, 3.8) is 0 Å². The second-order valence-corrected chi connectivity index (χ2v) is 5.15. The van der Waals surface area contributed by atoms with Crippen LogP contribution in [0, 0.1) is 0 Å². The molecule has 18 heavy (non-hydrogen) atoms. The Hall–Kier alpha value is -1.00. The van der Waals surface area contributed by atoms with Crippen LogP contribution in [0.25, 0.3) is 0 Å². The van der Waals surface area contributed by atoms with Gasteiger partial charge in [0.25, 0.3) is 0 Å². The molecule has 0 fully saturated rings. The first-order valence-corrected chi connectivity index (χ1v) is 7.21. The van der Waals surface area contributed by atoms with Crippen molar-refractivity contribution in [2.75, 3.05) is 19.3 Å². The predicted molar refractivity (Wildman–Crippen MR) is 70.8 cm³/mol.